The number of aldehydes is 1. The van der Waals surface area contributed by atoms with E-state index in [1.54, 1.807) is 0 Å². The number of phenolic OH excluding ortho intramolecular Hbond substituents is 2. The number of hydrogen-bond donors (Lipinski definition) is 2. The van der Waals surface area contributed by atoms with E-state index < -0.39 is 0 Å². The van der Waals surface area contributed by atoms with Gasteiger partial charge in [0.2, 0.25) is 0 Å². The number of carbonyl (C=O) groups is 1. The van der Waals surface area contributed by atoms with E-state index in [0.717, 1.165) is 28.5 Å². The van der Waals surface area contributed by atoms with Crippen LogP contribution in [0.2, 0.25) is 0 Å². The van der Waals surface area contributed by atoms with Crippen molar-refractivity contribution in [2.24, 2.45) is 5.41 Å². The van der Waals surface area contributed by atoms with Crippen molar-refractivity contribution in [3.63, 3.8) is 0 Å². The predicted octanol–water partition coefficient (Wildman–Crippen LogP) is 9.86. The lowest BCUT2D eigenvalue weighted by molar-refractivity contribution is 0.112. The average molecular weight is 563 g/mol. The van der Waals surface area contributed by atoms with Crippen molar-refractivity contribution in [1.82, 2.24) is 0 Å². The second-order valence-electron chi connectivity index (χ2n) is 14.1. The summed E-state index contributed by atoms with van der Waals surface area (Å²) in [6, 6.07) is 28.5. The topological polar surface area (TPSA) is 57.5 Å². The van der Waals surface area contributed by atoms with Gasteiger partial charge in [0, 0.05) is 27.9 Å². The minimum absolute atomic E-state index is 0.0573. The highest BCUT2D eigenvalue weighted by molar-refractivity contribution is 5.74. The molecule has 4 rings (SSSR count). The van der Waals surface area contributed by atoms with Crippen LogP contribution in [0, 0.1) is 5.41 Å². The van der Waals surface area contributed by atoms with Crippen LogP contribution < -0.4 is 0 Å². The van der Waals surface area contributed by atoms with E-state index in [2.05, 4.69) is 98.7 Å². The molecule has 0 aliphatic rings. The lowest BCUT2D eigenvalue weighted by Crippen LogP contribution is -2.23. The van der Waals surface area contributed by atoms with Crippen LogP contribution in [-0.2, 0) is 10.8 Å². The van der Waals surface area contributed by atoms with Gasteiger partial charge in [-0.25, -0.2) is 0 Å². The maximum atomic E-state index is 11.2. The van der Waals surface area contributed by atoms with E-state index >= 15 is 0 Å². The van der Waals surface area contributed by atoms with Crippen molar-refractivity contribution in [3.8, 4) is 11.5 Å². The third-order valence-electron chi connectivity index (χ3n) is 9.03. The van der Waals surface area contributed by atoms with E-state index in [4.69, 9.17) is 0 Å². The monoisotopic (exact) mass is 562 g/mol. The number of hydrogen-bond acceptors (Lipinski definition) is 3. The molecule has 220 valence electrons. The Balaban J connectivity index is 1.71. The third-order valence-corrected chi connectivity index (χ3v) is 9.03. The third kappa shape index (κ3) is 6.02. The molecule has 0 aromatic heterocycles. The summed E-state index contributed by atoms with van der Waals surface area (Å²) < 4.78 is 0. The minimum Gasteiger partial charge on any atom is -0.508 e. The first-order chi connectivity index (χ1) is 19.6. The van der Waals surface area contributed by atoms with Crippen molar-refractivity contribution < 1.29 is 15.0 Å². The molecule has 0 heterocycles. The fourth-order valence-corrected chi connectivity index (χ4v) is 6.13. The van der Waals surface area contributed by atoms with Crippen molar-refractivity contribution in [2.75, 3.05) is 0 Å². The second-order valence-corrected chi connectivity index (χ2v) is 14.1. The molecule has 0 aliphatic heterocycles. The lowest BCUT2D eigenvalue weighted by Gasteiger charge is -2.34. The van der Waals surface area contributed by atoms with E-state index in [-0.39, 0.29) is 33.8 Å². The van der Waals surface area contributed by atoms with Gasteiger partial charge >= 0.3 is 0 Å². The molecule has 0 radical (unpaired) electrons. The van der Waals surface area contributed by atoms with Gasteiger partial charge in [0.25, 0.3) is 0 Å². The van der Waals surface area contributed by atoms with Gasteiger partial charge in [0.05, 0.1) is 0 Å². The highest BCUT2D eigenvalue weighted by atomic mass is 16.3. The van der Waals surface area contributed by atoms with Crippen LogP contribution in [0.5, 0.6) is 11.5 Å². The molecule has 0 amide bonds. The highest BCUT2D eigenvalue weighted by Gasteiger charge is 2.33. The van der Waals surface area contributed by atoms with Crippen molar-refractivity contribution >= 4 is 6.29 Å². The van der Waals surface area contributed by atoms with E-state index in [0.29, 0.717) is 11.3 Å². The van der Waals surface area contributed by atoms with Crippen LogP contribution in [0.4, 0.5) is 0 Å². The molecule has 42 heavy (non-hydrogen) atoms. The summed E-state index contributed by atoms with van der Waals surface area (Å²) in [6.45, 7) is 19.7. The molecule has 1 unspecified atom stereocenters. The Labute approximate surface area is 252 Å². The van der Waals surface area contributed by atoms with Gasteiger partial charge in [-0.15, -0.1) is 0 Å². The quantitative estimate of drug-likeness (QED) is 0.210. The Kier molecular flexibility index (Phi) is 8.47. The molecule has 0 saturated heterocycles. The molecule has 2 N–H and O–H groups in total. The van der Waals surface area contributed by atoms with Crippen molar-refractivity contribution in [1.29, 1.82) is 0 Å². The van der Waals surface area contributed by atoms with Crippen LogP contribution in [0.15, 0.2) is 84.9 Å². The zero-order valence-corrected chi connectivity index (χ0v) is 26.6. The van der Waals surface area contributed by atoms with Gasteiger partial charge in [-0.1, -0.05) is 135 Å². The Morgan fingerprint density at radius 3 is 1.38 bits per heavy atom. The number of rotatable bonds is 8. The summed E-state index contributed by atoms with van der Waals surface area (Å²) in [4.78, 5) is 11.2. The van der Waals surface area contributed by atoms with Crippen LogP contribution in [-0.4, -0.2) is 16.5 Å². The largest absolute Gasteiger partial charge is 0.508 e. The van der Waals surface area contributed by atoms with Gasteiger partial charge in [-0.05, 0) is 56.8 Å². The second kappa shape index (κ2) is 11.4. The van der Waals surface area contributed by atoms with Gasteiger partial charge in [-0.3, -0.25) is 4.79 Å². The molecule has 0 saturated carbocycles. The minimum atomic E-state index is -0.307. The van der Waals surface area contributed by atoms with Gasteiger partial charge in [-0.2, -0.15) is 0 Å². The van der Waals surface area contributed by atoms with Gasteiger partial charge in [0.1, 0.15) is 17.8 Å². The molecular weight excluding hydrogens is 516 g/mol. The summed E-state index contributed by atoms with van der Waals surface area (Å²) >= 11 is 0. The molecule has 0 fully saturated rings. The lowest BCUT2D eigenvalue weighted by atomic mass is 9.70. The summed E-state index contributed by atoms with van der Waals surface area (Å²) in [5.74, 6) is 0.813. The van der Waals surface area contributed by atoms with Gasteiger partial charge < -0.3 is 10.2 Å². The Bertz CT molecular complexity index is 1550. The fraction of sp³-hybridized carbons (Fsp3) is 0.359. The number of carbonyl (C=O) groups excluding carboxylic acids is 1. The molecule has 3 nitrogen and oxygen atoms in total. The van der Waals surface area contributed by atoms with E-state index in [1.165, 1.54) is 16.7 Å². The van der Waals surface area contributed by atoms with Gasteiger partial charge in [0.15, 0.2) is 0 Å². The maximum absolute atomic E-state index is 11.2. The van der Waals surface area contributed by atoms with E-state index in [1.807, 2.05) is 48.5 Å². The SMILES string of the molecule is CC(C)c1cc(C(C)(C)c2ccc(C(C)(C)c3ccc(O)c(C(c4ccc(C=O)cc4)C(C)(C)C)c3)cc2)ccc1O. The first-order valence-electron chi connectivity index (χ1n) is 14.9. The summed E-state index contributed by atoms with van der Waals surface area (Å²) in [5.41, 5.74) is 7.56. The predicted molar refractivity (Wildman–Crippen MR) is 174 cm³/mol. The van der Waals surface area contributed by atoms with Crippen LogP contribution >= 0.6 is 0 Å². The molecule has 0 bridgehead atoms. The smallest absolute Gasteiger partial charge is 0.150 e. The molecule has 0 spiro atoms. The molecule has 4 aromatic rings. The fourth-order valence-electron chi connectivity index (χ4n) is 6.13. The standard InChI is InChI=1S/C39H46O3/c1-25(2)32-22-30(18-20-34(32)41)38(6,7)28-14-16-29(17-15-28)39(8,9)31-19-21-35(42)33(23-31)36(37(3,4)5)27-12-10-26(24-40)11-13-27/h10-25,36,41-42H,1-9H3. The van der Waals surface area contributed by atoms with Crippen LogP contribution in [0.1, 0.15) is 123 Å². The number of benzene rings is 4. The molecule has 3 heteroatoms. The number of phenols is 2. The Morgan fingerprint density at radius 2 is 0.976 bits per heavy atom. The number of aromatic hydroxyl groups is 2. The first-order valence-corrected chi connectivity index (χ1v) is 14.9. The van der Waals surface area contributed by atoms with Crippen molar-refractivity contribution in [3.05, 3.63) is 129 Å². The summed E-state index contributed by atoms with van der Waals surface area (Å²) in [5, 5.41) is 21.4. The zero-order valence-electron chi connectivity index (χ0n) is 26.6. The first kappa shape index (κ1) is 31.1. The zero-order chi connectivity index (χ0) is 31.0. The summed E-state index contributed by atoms with van der Waals surface area (Å²) in [6.07, 6.45) is 0.858. The molecule has 0 aliphatic carbocycles. The Morgan fingerprint density at radius 1 is 0.571 bits per heavy atom. The summed E-state index contributed by atoms with van der Waals surface area (Å²) in [7, 11) is 0. The Hall–Kier alpha value is -3.85. The molecule has 4 aromatic carbocycles. The van der Waals surface area contributed by atoms with Crippen LogP contribution in [0.25, 0.3) is 0 Å². The normalized spacial score (nSPS) is 13.3. The van der Waals surface area contributed by atoms with E-state index in [9.17, 15) is 15.0 Å². The van der Waals surface area contributed by atoms with Crippen molar-refractivity contribution in [2.45, 2.75) is 85.0 Å². The van der Waals surface area contributed by atoms with Crippen LogP contribution in [0.3, 0.4) is 0 Å². The molecular formula is C39H46O3. The average Bonchev–Trinajstić information content (AvgIpc) is 2.93. The molecule has 1 atom stereocenters. The maximum Gasteiger partial charge on any atom is 0.150 e. The highest BCUT2D eigenvalue weighted by Crippen LogP contribution is 2.46.